The Morgan fingerprint density at radius 3 is 2.57 bits per heavy atom. The molecule has 1 atom stereocenters. The highest BCUT2D eigenvalue weighted by molar-refractivity contribution is 5.79. The number of nitrogens with one attached hydrogen (secondary N) is 1. The molecule has 3 rings (SSSR count). The van der Waals surface area contributed by atoms with Crippen molar-refractivity contribution in [2.24, 2.45) is 11.8 Å². The number of benzene rings is 1. The van der Waals surface area contributed by atoms with Gasteiger partial charge in [0.25, 0.3) is 0 Å². The molecule has 0 bridgehead atoms. The third-order valence-electron chi connectivity index (χ3n) is 4.94. The number of nitrogens with zero attached hydrogens (tertiary/aromatic N) is 1. The molecule has 0 aromatic heterocycles. The lowest BCUT2D eigenvalue weighted by Crippen LogP contribution is -2.46. The van der Waals surface area contributed by atoms with Gasteiger partial charge in [0.05, 0.1) is 5.92 Å². The smallest absolute Gasteiger partial charge is 0.226 e. The van der Waals surface area contributed by atoms with E-state index in [1.54, 1.807) is 0 Å². The number of hydrogen-bond donors (Lipinski definition) is 1. The summed E-state index contributed by atoms with van der Waals surface area (Å²) in [5.41, 5.74) is 1.43. The van der Waals surface area contributed by atoms with Crippen LogP contribution in [-0.4, -0.2) is 37.0 Å². The van der Waals surface area contributed by atoms with E-state index in [9.17, 15) is 4.79 Å². The van der Waals surface area contributed by atoms with Gasteiger partial charge in [0, 0.05) is 19.6 Å². The fourth-order valence-electron chi connectivity index (χ4n) is 3.63. The maximum absolute atomic E-state index is 12.5. The minimum Gasteiger partial charge on any atom is -0.342 e. The Labute approximate surface area is 127 Å². The second-order valence-corrected chi connectivity index (χ2v) is 6.50. The Balaban J connectivity index is 1.47. The minimum absolute atomic E-state index is 0.226. The summed E-state index contributed by atoms with van der Waals surface area (Å²) in [6.07, 6.45) is 5.67. The molecule has 0 saturated carbocycles. The SMILES string of the molecule is O=C([C@H]1CCCNC1)N1CCC(Cc2ccccc2)CC1. The lowest BCUT2D eigenvalue weighted by molar-refractivity contribution is -0.137. The molecule has 1 aromatic carbocycles. The molecule has 0 spiro atoms. The molecule has 0 aliphatic carbocycles. The van der Waals surface area contributed by atoms with E-state index in [4.69, 9.17) is 0 Å². The first-order valence-electron chi connectivity index (χ1n) is 8.36. The van der Waals surface area contributed by atoms with Gasteiger partial charge in [-0.25, -0.2) is 0 Å². The predicted molar refractivity (Wildman–Crippen MR) is 85.0 cm³/mol. The molecular formula is C18H26N2O. The van der Waals surface area contributed by atoms with Crippen molar-refractivity contribution < 1.29 is 4.79 Å². The lowest BCUT2D eigenvalue weighted by atomic mass is 9.89. The van der Waals surface area contributed by atoms with Gasteiger partial charge in [-0.1, -0.05) is 30.3 Å². The molecule has 0 unspecified atom stereocenters. The van der Waals surface area contributed by atoms with E-state index in [0.717, 1.165) is 64.2 Å². The molecule has 3 heteroatoms. The van der Waals surface area contributed by atoms with E-state index < -0.39 is 0 Å². The number of piperidine rings is 2. The molecule has 3 nitrogen and oxygen atoms in total. The summed E-state index contributed by atoms with van der Waals surface area (Å²) in [4.78, 5) is 14.6. The molecule has 2 heterocycles. The Kier molecular flexibility index (Phi) is 4.91. The van der Waals surface area contributed by atoms with E-state index in [0.29, 0.717) is 5.91 Å². The number of likely N-dealkylation sites (tertiary alicyclic amines) is 1. The zero-order valence-electron chi connectivity index (χ0n) is 12.8. The van der Waals surface area contributed by atoms with Crippen LogP contribution in [0.4, 0.5) is 0 Å². The molecule has 0 radical (unpaired) electrons. The Morgan fingerprint density at radius 1 is 1.14 bits per heavy atom. The fraction of sp³-hybridized carbons (Fsp3) is 0.611. The third-order valence-corrected chi connectivity index (χ3v) is 4.94. The first kappa shape index (κ1) is 14.6. The van der Waals surface area contributed by atoms with Crippen LogP contribution in [0.5, 0.6) is 0 Å². The van der Waals surface area contributed by atoms with Gasteiger partial charge in [0.2, 0.25) is 5.91 Å². The van der Waals surface area contributed by atoms with Crippen LogP contribution in [0, 0.1) is 11.8 Å². The summed E-state index contributed by atoms with van der Waals surface area (Å²) in [6.45, 7) is 3.85. The van der Waals surface area contributed by atoms with Gasteiger partial charge in [-0.3, -0.25) is 4.79 Å². The summed E-state index contributed by atoms with van der Waals surface area (Å²) in [5.74, 6) is 1.35. The summed E-state index contributed by atoms with van der Waals surface area (Å²) in [6, 6.07) is 10.7. The quantitative estimate of drug-likeness (QED) is 0.926. The Morgan fingerprint density at radius 2 is 1.90 bits per heavy atom. The van der Waals surface area contributed by atoms with E-state index in [-0.39, 0.29) is 5.92 Å². The number of hydrogen-bond acceptors (Lipinski definition) is 2. The second kappa shape index (κ2) is 7.08. The number of carbonyl (C=O) groups is 1. The molecule has 21 heavy (non-hydrogen) atoms. The van der Waals surface area contributed by atoms with Crippen molar-refractivity contribution in [2.75, 3.05) is 26.2 Å². The van der Waals surface area contributed by atoms with Crippen molar-refractivity contribution in [2.45, 2.75) is 32.1 Å². The maximum Gasteiger partial charge on any atom is 0.226 e. The summed E-state index contributed by atoms with van der Waals surface area (Å²) < 4.78 is 0. The topological polar surface area (TPSA) is 32.3 Å². The fourth-order valence-corrected chi connectivity index (χ4v) is 3.63. The third kappa shape index (κ3) is 3.85. The van der Waals surface area contributed by atoms with Gasteiger partial charge >= 0.3 is 0 Å². The lowest BCUT2D eigenvalue weighted by Gasteiger charge is -2.35. The maximum atomic E-state index is 12.5. The average Bonchev–Trinajstić information content (AvgIpc) is 2.57. The van der Waals surface area contributed by atoms with Crippen LogP contribution in [-0.2, 0) is 11.2 Å². The van der Waals surface area contributed by atoms with Crippen molar-refractivity contribution >= 4 is 5.91 Å². The van der Waals surface area contributed by atoms with Gasteiger partial charge < -0.3 is 10.2 Å². The van der Waals surface area contributed by atoms with Crippen LogP contribution < -0.4 is 5.32 Å². The second-order valence-electron chi connectivity index (χ2n) is 6.50. The van der Waals surface area contributed by atoms with Crippen molar-refractivity contribution in [3.63, 3.8) is 0 Å². The standard InChI is InChI=1S/C18H26N2O/c21-18(17-7-4-10-19-14-17)20-11-8-16(9-12-20)13-15-5-2-1-3-6-15/h1-3,5-6,16-17,19H,4,7-14H2/t17-/m0/s1. The van der Waals surface area contributed by atoms with Gasteiger partial charge in [0.1, 0.15) is 0 Å². The normalized spacial score (nSPS) is 24.0. The molecule has 2 saturated heterocycles. The zero-order chi connectivity index (χ0) is 14.5. The summed E-state index contributed by atoms with van der Waals surface area (Å²) in [5, 5.41) is 3.35. The Hall–Kier alpha value is -1.35. The van der Waals surface area contributed by atoms with E-state index >= 15 is 0 Å². The van der Waals surface area contributed by atoms with Gasteiger partial charge in [-0.05, 0) is 50.1 Å². The monoisotopic (exact) mass is 286 g/mol. The first-order valence-corrected chi connectivity index (χ1v) is 8.36. The molecule has 1 N–H and O–H groups in total. The van der Waals surface area contributed by atoms with E-state index in [2.05, 4.69) is 40.5 Å². The summed E-state index contributed by atoms with van der Waals surface area (Å²) >= 11 is 0. The highest BCUT2D eigenvalue weighted by Crippen LogP contribution is 2.24. The van der Waals surface area contributed by atoms with Crippen LogP contribution >= 0.6 is 0 Å². The number of rotatable bonds is 3. The van der Waals surface area contributed by atoms with Gasteiger partial charge in [0.15, 0.2) is 0 Å². The van der Waals surface area contributed by atoms with Crippen LogP contribution in [0.2, 0.25) is 0 Å². The Bertz CT molecular complexity index is 446. The number of amides is 1. The van der Waals surface area contributed by atoms with Crippen LogP contribution in [0.3, 0.4) is 0 Å². The van der Waals surface area contributed by atoms with Crippen LogP contribution in [0.25, 0.3) is 0 Å². The molecule has 1 aromatic rings. The first-order chi connectivity index (χ1) is 10.3. The molecule has 2 aliphatic rings. The predicted octanol–water partition coefficient (Wildman–Crippen LogP) is 2.47. The molecule has 1 amide bonds. The minimum atomic E-state index is 0.226. The zero-order valence-corrected chi connectivity index (χ0v) is 12.8. The van der Waals surface area contributed by atoms with Gasteiger partial charge in [-0.15, -0.1) is 0 Å². The molecule has 114 valence electrons. The van der Waals surface area contributed by atoms with E-state index in [1.807, 2.05) is 0 Å². The summed E-state index contributed by atoms with van der Waals surface area (Å²) in [7, 11) is 0. The molecular weight excluding hydrogens is 260 g/mol. The number of carbonyl (C=O) groups excluding carboxylic acids is 1. The van der Waals surface area contributed by atoms with E-state index in [1.165, 1.54) is 5.56 Å². The largest absolute Gasteiger partial charge is 0.342 e. The molecule has 2 aliphatic heterocycles. The van der Waals surface area contributed by atoms with Crippen molar-refractivity contribution in [3.05, 3.63) is 35.9 Å². The van der Waals surface area contributed by atoms with Crippen LogP contribution in [0.15, 0.2) is 30.3 Å². The van der Waals surface area contributed by atoms with Crippen molar-refractivity contribution in [1.82, 2.24) is 10.2 Å². The average molecular weight is 286 g/mol. The highest BCUT2D eigenvalue weighted by Gasteiger charge is 2.28. The van der Waals surface area contributed by atoms with Crippen LogP contribution in [0.1, 0.15) is 31.2 Å². The highest BCUT2D eigenvalue weighted by atomic mass is 16.2. The molecule has 2 fully saturated rings. The van der Waals surface area contributed by atoms with Crippen molar-refractivity contribution in [3.8, 4) is 0 Å². The van der Waals surface area contributed by atoms with Crippen molar-refractivity contribution in [1.29, 1.82) is 0 Å². The van der Waals surface area contributed by atoms with Gasteiger partial charge in [-0.2, -0.15) is 0 Å².